The molecule has 1 aliphatic carbocycles. The summed E-state index contributed by atoms with van der Waals surface area (Å²) in [5.74, 6) is 1.21. The van der Waals surface area contributed by atoms with Gasteiger partial charge in [-0.1, -0.05) is 13.3 Å². The number of thiophene rings is 1. The zero-order valence-electron chi connectivity index (χ0n) is 15.5. The molecule has 0 aromatic carbocycles. The van der Waals surface area contributed by atoms with Gasteiger partial charge in [-0.05, 0) is 49.8 Å². The van der Waals surface area contributed by atoms with Crippen molar-refractivity contribution in [2.75, 3.05) is 11.9 Å². The summed E-state index contributed by atoms with van der Waals surface area (Å²) < 4.78 is 7.12. The quantitative estimate of drug-likeness (QED) is 0.632. The molecule has 0 fully saturated rings. The van der Waals surface area contributed by atoms with Crippen LogP contribution in [0, 0.1) is 0 Å². The zero-order valence-corrected chi connectivity index (χ0v) is 16.3. The minimum Gasteiger partial charge on any atom is -0.467 e. The Morgan fingerprint density at radius 3 is 2.96 bits per heavy atom. The normalized spacial score (nSPS) is 15.5. The molecule has 0 aliphatic heterocycles. The summed E-state index contributed by atoms with van der Waals surface area (Å²) in [6.45, 7) is 2.31. The third kappa shape index (κ3) is 3.53. The molecular weight excluding hydrogens is 362 g/mol. The molecule has 0 spiro atoms. The molecule has 0 saturated carbocycles. The molecule has 3 heterocycles. The average molecular weight is 388 g/mol. The van der Waals surface area contributed by atoms with Crippen LogP contribution in [0.5, 0.6) is 0 Å². The molecule has 27 heavy (non-hydrogen) atoms. The SMILES string of the molecule is CC[C@@H](CO)Nc1nc2sc3c(c2c(=O)n1Cc1ccco1)CCCCC3. The van der Waals surface area contributed by atoms with Gasteiger partial charge in [0, 0.05) is 4.88 Å². The molecule has 0 bridgehead atoms. The van der Waals surface area contributed by atoms with E-state index in [4.69, 9.17) is 9.40 Å². The van der Waals surface area contributed by atoms with Crippen LogP contribution in [0.3, 0.4) is 0 Å². The fourth-order valence-corrected chi connectivity index (χ4v) is 4.94. The molecule has 3 aromatic rings. The number of anilines is 1. The Labute approximate surface area is 161 Å². The number of fused-ring (bicyclic) bond motifs is 3. The lowest BCUT2D eigenvalue weighted by atomic mass is 10.1. The van der Waals surface area contributed by atoms with Crippen molar-refractivity contribution in [1.29, 1.82) is 0 Å². The number of rotatable bonds is 6. The van der Waals surface area contributed by atoms with Gasteiger partial charge in [-0.15, -0.1) is 11.3 Å². The third-order valence-corrected chi connectivity index (χ3v) is 6.45. The Kier molecular flexibility index (Phi) is 5.31. The number of nitrogens with one attached hydrogen (secondary N) is 1. The van der Waals surface area contributed by atoms with Crippen LogP contribution in [0.25, 0.3) is 10.2 Å². The van der Waals surface area contributed by atoms with Crippen LogP contribution in [0.1, 0.15) is 48.8 Å². The molecule has 1 atom stereocenters. The lowest BCUT2D eigenvalue weighted by Crippen LogP contribution is -2.31. The summed E-state index contributed by atoms with van der Waals surface area (Å²) in [5.41, 5.74) is 1.17. The van der Waals surface area contributed by atoms with Gasteiger partial charge in [-0.2, -0.15) is 0 Å². The van der Waals surface area contributed by atoms with E-state index in [1.54, 1.807) is 22.2 Å². The van der Waals surface area contributed by atoms with E-state index in [-0.39, 0.29) is 18.2 Å². The van der Waals surface area contributed by atoms with E-state index < -0.39 is 0 Å². The van der Waals surface area contributed by atoms with Crippen molar-refractivity contribution < 1.29 is 9.52 Å². The minimum atomic E-state index is -0.144. The standard InChI is InChI=1S/C20H25N3O3S/c1-2-13(12-24)21-20-22-18-17(15-8-4-3-5-9-16(15)27-18)19(25)23(20)11-14-7-6-10-26-14/h6-7,10,13,24H,2-5,8-9,11-12H2,1H3,(H,21,22)/t13-/m0/s1. The number of aromatic nitrogens is 2. The average Bonchev–Trinajstić information content (AvgIpc) is 3.24. The monoisotopic (exact) mass is 387 g/mol. The van der Waals surface area contributed by atoms with Gasteiger partial charge in [0.2, 0.25) is 5.95 Å². The van der Waals surface area contributed by atoms with Crippen molar-refractivity contribution in [3.05, 3.63) is 45.0 Å². The first kappa shape index (κ1) is 18.3. The molecule has 0 unspecified atom stereocenters. The van der Waals surface area contributed by atoms with Crippen molar-refractivity contribution in [1.82, 2.24) is 9.55 Å². The molecule has 0 saturated heterocycles. The highest BCUT2D eigenvalue weighted by molar-refractivity contribution is 7.18. The summed E-state index contributed by atoms with van der Waals surface area (Å²) >= 11 is 1.65. The highest BCUT2D eigenvalue weighted by Crippen LogP contribution is 2.33. The topological polar surface area (TPSA) is 80.3 Å². The van der Waals surface area contributed by atoms with Crippen LogP contribution in [0.2, 0.25) is 0 Å². The smallest absolute Gasteiger partial charge is 0.264 e. The van der Waals surface area contributed by atoms with Gasteiger partial charge in [0.25, 0.3) is 5.56 Å². The molecule has 3 aromatic heterocycles. The minimum absolute atomic E-state index is 0.00784. The maximum atomic E-state index is 13.5. The largest absolute Gasteiger partial charge is 0.467 e. The molecule has 1 aliphatic rings. The van der Waals surface area contributed by atoms with E-state index in [2.05, 4.69) is 5.32 Å². The van der Waals surface area contributed by atoms with Crippen LogP contribution in [0.4, 0.5) is 5.95 Å². The van der Waals surface area contributed by atoms with Gasteiger partial charge in [-0.3, -0.25) is 9.36 Å². The number of nitrogens with zero attached hydrogens (tertiary/aromatic N) is 2. The van der Waals surface area contributed by atoms with Crippen LogP contribution < -0.4 is 10.9 Å². The molecular formula is C20H25N3O3S. The van der Waals surface area contributed by atoms with Crippen molar-refractivity contribution in [3.8, 4) is 0 Å². The summed E-state index contributed by atoms with van der Waals surface area (Å²) in [4.78, 5) is 20.4. The van der Waals surface area contributed by atoms with Gasteiger partial charge in [0.1, 0.15) is 10.6 Å². The fourth-order valence-electron chi connectivity index (χ4n) is 3.69. The highest BCUT2D eigenvalue weighted by atomic mass is 32.1. The first-order valence-electron chi connectivity index (χ1n) is 9.66. The van der Waals surface area contributed by atoms with E-state index in [9.17, 15) is 9.90 Å². The van der Waals surface area contributed by atoms with E-state index in [0.717, 1.165) is 35.9 Å². The molecule has 0 radical (unpaired) electrons. The second kappa shape index (κ2) is 7.86. The lowest BCUT2D eigenvalue weighted by molar-refractivity contribution is 0.271. The van der Waals surface area contributed by atoms with E-state index in [1.165, 1.54) is 23.3 Å². The maximum absolute atomic E-state index is 13.5. The third-order valence-electron chi connectivity index (χ3n) is 5.27. The number of furan rings is 1. The second-order valence-corrected chi connectivity index (χ2v) is 8.17. The Morgan fingerprint density at radius 2 is 2.22 bits per heavy atom. The van der Waals surface area contributed by atoms with Crippen LogP contribution >= 0.6 is 11.3 Å². The Balaban J connectivity index is 1.87. The predicted octanol–water partition coefficient (Wildman–Crippen LogP) is 3.55. The predicted molar refractivity (Wildman–Crippen MR) is 108 cm³/mol. The Morgan fingerprint density at radius 1 is 1.37 bits per heavy atom. The highest BCUT2D eigenvalue weighted by Gasteiger charge is 2.22. The first-order chi connectivity index (χ1) is 13.2. The van der Waals surface area contributed by atoms with Crippen molar-refractivity contribution in [3.63, 3.8) is 0 Å². The number of aliphatic hydroxyl groups is 1. The first-order valence-corrected chi connectivity index (χ1v) is 10.5. The fraction of sp³-hybridized carbons (Fsp3) is 0.500. The number of hydrogen-bond donors (Lipinski definition) is 2. The summed E-state index contributed by atoms with van der Waals surface area (Å²) in [7, 11) is 0. The molecule has 144 valence electrons. The van der Waals surface area contributed by atoms with Crippen molar-refractivity contribution in [2.45, 2.75) is 58.0 Å². The molecule has 4 rings (SSSR count). The van der Waals surface area contributed by atoms with Crippen LogP contribution in [-0.4, -0.2) is 27.3 Å². The molecule has 6 nitrogen and oxygen atoms in total. The number of hydrogen-bond acceptors (Lipinski definition) is 6. The van der Waals surface area contributed by atoms with Crippen molar-refractivity contribution in [2.24, 2.45) is 0 Å². The summed E-state index contributed by atoms with van der Waals surface area (Å²) in [6, 6.07) is 3.53. The molecule has 7 heteroatoms. The van der Waals surface area contributed by atoms with Gasteiger partial charge in [0.15, 0.2) is 0 Å². The second-order valence-electron chi connectivity index (χ2n) is 7.08. The summed E-state index contributed by atoms with van der Waals surface area (Å²) in [5, 5.41) is 13.6. The van der Waals surface area contributed by atoms with Gasteiger partial charge in [0.05, 0.1) is 30.8 Å². The van der Waals surface area contributed by atoms with Crippen LogP contribution in [0.15, 0.2) is 27.6 Å². The Bertz CT molecular complexity index is 971. The number of aryl methyl sites for hydroxylation is 2. The molecule has 2 N–H and O–H groups in total. The van der Waals surface area contributed by atoms with E-state index >= 15 is 0 Å². The number of aliphatic hydroxyl groups excluding tert-OH is 1. The van der Waals surface area contributed by atoms with Crippen LogP contribution in [-0.2, 0) is 19.4 Å². The van der Waals surface area contributed by atoms with Gasteiger partial charge in [-0.25, -0.2) is 4.98 Å². The van der Waals surface area contributed by atoms with E-state index in [0.29, 0.717) is 18.3 Å². The lowest BCUT2D eigenvalue weighted by Gasteiger charge is -2.18. The maximum Gasteiger partial charge on any atom is 0.264 e. The summed E-state index contributed by atoms with van der Waals surface area (Å²) in [6.07, 6.45) is 7.85. The Hall–Kier alpha value is -2.12. The van der Waals surface area contributed by atoms with Crippen molar-refractivity contribution >= 4 is 27.5 Å². The van der Waals surface area contributed by atoms with E-state index in [1.807, 2.05) is 19.1 Å². The van der Waals surface area contributed by atoms with Gasteiger partial charge < -0.3 is 14.8 Å². The molecule has 0 amide bonds. The van der Waals surface area contributed by atoms with Gasteiger partial charge >= 0.3 is 0 Å². The zero-order chi connectivity index (χ0) is 18.8.